The smallest absolute Gasteiger partial charge is 0.387 e. The molecular formula is C69H134N2O6P+. The predicted molar refractivity (Wildman–Crippen MR) is 341 cm³/mol. The van der Waals surface area contributed by atoms with Gasteiger partial charge in [0.05, 0.1) is 39.9 Å². The van der Waals surface area contributed by atoms with Gasteiger partial charge in [0.2, 0.25) is 5.91 Å². The molecule has 0 aromatic carbocycles. The lowest BCUT2D eigenvalue weighted by Crippen LogP contribution is -2.45. The van der Waals surface area contributed by atoms with Crippen LogP contribution in [0, 0.1) is 0 Å². The Morgan fingerprint density at radius 1 is 0.423 bits per heavy atom. The van der Waals surface area contributed by atoms with Gasteiger partial charge in [-0.25, -0.2) is 4.57 Å². The van der Waals surface area contributed by atoms with Crippen molar-refractivity contribution in [3.05, 3.63) is 48.6 Å². The maximum absolute atomic E-state index is 13.0. The van der Waals surface area contributed by atoms with Crippen molar-refractivity contribution in [1.82, 2.24) is 5.32 Å². The van der Waals surface area contributed by atoms with Crippen molar-refractivity contribution in [2.45, 2.75) is 347 Å². The SMILES string of the molecule is CCCCCCCCCC/C=C\CCCCCCCCCCCCCCCCCCCC(=O)NC(COP(=O)(O)OCC[N+](C)(C)C)C(O)/C=C/CC/C=C/CC/C=C/CCCCCCCCCCCCCCCCCCC. The fourth-order valence-corrected chi connectivity index (χ4v) is 10.9. The van der Waals surface area contributed by atoms with Crippen LogP contribution < -0.4 is 5.32 Å². The van der Waals surface area contributed by atoms with E-state index in [4.69, 9.17) is 9.05 Å². The van der Waals surface area contributed by atoms with Crippen LogP contribution in [0.2, 0.25) is 0 Å². The maximum atomic E-state index is 13.0. The number of carbonyl (C=O) groups excluding carboxylic acids is 1. The number of unbranched alkanes of at least 4 members (excludes halogenated alkanes) is 44. The van der Waals surface area contributed by atoms with Crippen molar-refractivity contribution in [2.75, 3.05) is 40.9 Å². The lowest BCUT2D eigenvalue weighted by molar-refractivity contribution is -0.870. The Kier molecular flexibility index (Phi) is 58.9. The fourth-order valence-electron chi connectivity index (χ4n) is 10.2. The highest BCUT2D eigenvalue weighted by Gasteiger charge is 2.28. The van der Waals surface area contributed by atoms with Crippen LogP contribution in [0.1, 0.15) is 335 Å². The van der Waals surface area contributed by atoms with Crippen LogP contribution in [-0.4, -0.2) is 73.4 Å². The van der Waals surface area contributed by atoms with E-state index in [1.54, 1.807) is 6.08 Å². The molecule has 9 heteroatoms. The summed E-state index contributed by atoms with van der Waals surface area (Å²) in [6.07, 6.45) is 81.2. The normalized spacial score (nSPS) is 14.0. The molecule has 0 aliphatic rings. The van der Waals surface area contributed by atoms with Crippen molar-refractivity contribution in [1.29, 1.82) is 0 Å². The molecule has 460 valence electrons. The number of allylic oxidation sites excluding steroid dienone is 7. The van der Waals surface area contributed by atoms with Crippen LogP contribution in [0.25, 0.3) is 0 Å². The van der Waals surface area contributed by atoms with E-state index in [0.29, 0.717) is 17.4 Å². The molecule has 1 amide bonds. The first-order valence-electron chi connectivity index (χ1n) is 34.0. The van der Waals surface area contributed by atoms with E-state index in [1.807, 2.05) is 27.2 Å². The number of aliphatic hydroxyl groups is 1. The van der Waals surface area contributed by atoms with E-state index in [-0.39, 0.29) is 19.1 Å². The van der Waals surface area contributed by atoms with E-state index in [9.17, 15) is 19.4 Å². The average molecular weight is 1120 g/mol. The molecule has 0 heterocycles. The number of rotatable bonds is 63. The molecule has 3 N–H and O–H groups in total. The van der Waals surface area contributed by atoms with Crippen molar-refractivity contribution in [3.8, 4) is 0 Å². The van der Waals surface area contributed by atoms with Crippen LogP contribution in [0.3, 0.4) is 0 Å². The number of nitrogens with zero attached hydrogens (tertiary/aromatic N) is 1. The molecule has 78 heavy (non-hydrogen) atoms. The molecule has 3 unspecified atom stereocenters. The molecule has 0 fully saturated rings. The molecular weight excluding hydrogens is 984 g/mol. The minimum Gasteiger partial charge on any atom is -0.387 e. The second kappa shape index (κ2) is 60.1. The minimum absolute atomic E-state index is 0.0542. The van der Waals surface area contributed by atoms with Crippen molar-refractivity contribution < 1.29 is 32.9 Å². The number of carbonyl (C=O) groups is 1. The zero-order chi connectivity index (χ0) is 57.0. The van der Waals surface area contributed by atoms with Gasteiger partial charge in [-0.3, -0.25) is 13.8 Å². The van der Waals surface area contributed by atoms with Gasteiger partial charge in [0.1, 0.15) is 13.2 Å². The number of phosphoric ester groups is 1. The monoisotopic (exact) mass is 1120 g/mol. The molecule has 0 spiro atoms. The van der Waals surface area contributed by atoms with Gasteiger partial charge in [0.15, 0.2) is 0 Å². The average Bonchev–Trinajstić information content (AvgIpc) is 3.41. The topological polar surface area (TPSA) is 105 Å². The molecule has 0 radical (unpaired) electrons. The standard InChI is InChI=1S/C69H133N2O6P/c1-6-8-10-12-14-16-18-20-22-24-26-28-30-32-34-35-37-39-41-43-45-47-49-51-53-55-57-59-61-63-69(73)70-67(66-77-78(74,75)76-65-64-71(3,4)5)68(72)62-60-58-56-54-52-50-48-46-44-42-40-38-36-33-31-29-27-25-23-21-19-17-15-13-11-9-7-2/h24,26,44,46,52,54,60,62,67-68,72H,6-23,25,27-43,45,47-51,53,55-59,61,63-66H2,1-5H3,(H-,70,73,74,75)/p+1/b26-24-,46-44+,54-52+,62-60+. The summed E-state index contributed by atoms with van der Waals surface area (Å²) in [5.41, 5.74) is 0. The van der Waals surface area contributed by atoms with Gasteiger partial charge in [-0.1, -0.05) is 306 Å². The Hall–Kier alpha value is -1.54. The van der Waals surface area contributed by atoms with Crippen LogP contribution in [-0.2, 0) is 18.4 Å². The summed E-state index contributed by atoms with van der Waals surface area (Å²) >= 11 is 0. The molecule has 0 aliphatic carbocycles. The minimum atomic E-state index is -4.36. The summed E-state index contributed by atoms with van der Waals surface area (Å²) in [4.78, 5) is 23.4. The number of likely N-dealkylation sites (N-methyl/N-ethyl adjacent to an activating group) is 1. The van der Waals surface area contributed by atoms with Gasteiger partial charge in [0, 0.05) is 6.42 Å². The molecule has 0 saturated carbocycles. The van der Waals surface area contributed by atoms with Crippen LogP contribution in [0.4, 0.5) is 0 Å². The quantitative estimate of drug-likeness (QED) is 0.0243. The second-order valence-electron chi connectivity index (χ2n) is 24.5. The fraction of sp³-hybridized carbons (Fsp3) is 0.870. The summed E-state index contributed by atoms with van der Waals surface area (Å²) in [5, 5.41) is 14.0. The predicted octanol–water partition coefficient (Wildman–Crippen LogP) is 21.4. The number of amides is 1. The van der Waals surface area contributed by atoms with Gasteiger partial charge in [0.25, 0.3) is 0 Å². The summed E-state index contributed by atoms with van der Waals surface area (Å²) in [7, 11) is 1.56. The van der Waals surface area contributed by atoms with E-state index >= 15 is 0 Å². The highest BCUT2D eigenvalue weighted by Crippen LogP contribution is 2.43. The summed E-state index contributed by atoms with van der Waals surface area (Å²) in [5.74, 6) is -0.186. The first-order valence-corrected chi connectivity index (χ1v) is 35.5. The highest BCUT2D eigenvalue weighted by molar-refractivity contribution is 7.47. The van der Waals surface area contributed by atoms with E-state index < -0.39 is 20.0 Å². The zero-order valence-corrected chi connectivity index (χ0v) is 53.6. The van der Waals surface area contributed by atoms with Crippen molar-refractivity contribution in [2.24, 2.45) is 0 Å². The van der Waals surface area contributed by atoms with Crippen LogP contribution in [0.15, 0.2) is 48.6 Å². The number of hydrogen-bond acceptors (Lipinski definition) is 5. The van der Waals surface area contributed by atoms with Gasteiger partial charge in [-0.15, -0.1) is 0 Å². The summed E-state index contributed by atoms with van der Waals surface area (Å²) < 4.78 is 23.8. The van der Waals surface area contributed by atoms with E-state index in [0.717, 1.165) is 44.9 Å². The van der Waals surface area contributed by atoms with Gasteiger partial charge in [-0.05, 0) is 70.6 Å². The lowest BCUT2D eigenvalue weighted by Gasteiger charge is -2.25. The molecule has 0 rings (SSSR count). The largest absolute Gasteiger partial charge is 0.472 e. The summed E-state index contributed by atoms with van der Waals surface area (Å²) in [6.45, 7) is 4.83. The molecule has 3 atom stereocenters. The Balaban J connectivity index is 4.14. The highest BCUT2D eigenvalue weighted by atomic mass is 31.2. The van der Waals surface area contributed by atoms with Gasteiger partial charge >= 0.3 is 7.82 Å². The van der Waals surface area contributed by atoms with E-state index in [1.165, 1.54) is 270 Å². The molecule has 8 nitrogen and oxygen atoms in total. The molecule has 0 bridgehead atoms. The van der Waals surface area contributed by atoms with Crippen molar-refractivity contribution in [3.63, 3.8) is 0 Å². The number of nitrogens with one attached hydrogen (secondary N) is 1. The van der Waals surface area contributed by atoms with Gasteiger partial charge in [-0.2, -0.15) is 0 Å². The van der Waals surface area contributed by atoms with E-state index in [2.05, 4.69) is 55.6 Å². The Labute approximate surface area is 486 Å². The maximum Gasteiger partial charge on any atom is 0.472 e. The number of aliphatic hydroxyl groups excluding tert-OH is 1. The zero-order valence-electron chi connectivity index (χ0n) is 52.7. The third-order valence-electron chi connectivity index (χ3n) is 15.5. The molecule has 0 aromatic heterocycles. The number of phosphoric acid groups is 1. The molecule has 0 saturated heterocycles. The Morgan fingerprint density at radius 2 is 0.705 bits per heavy atom. The van der Waals surface area contributed by atoms with Gasteiger partial charge < -0.3 is 19.8 Å². The summed E-state index contributed by atoms with van der Waals surface area (Å²) in [6, 6.07) is -0.871. The number of hydrogen-bond donors (Lipinski definition) is 3. The Morgan fingerprint density at radius 3 is 1.03 bits per heavy atom. The first-order chi connectivity index (χ1) is 38.0. The second-order valence-corrected chi connectivity index (χ2v) is 26.0. The third kappa shape index (κ3) is 62.1. The molecule has 0 aliphatic heterocycles. The van der Waals surface area contributed by atoms with Crippen molar-refractivity contribution >= 4 is 13.7 Å². The molecule has 0 aromatic rings. The Bertz CT molecular complexity index is 1410. The first kappa shape index (κ1) is 76.5. The van der Waals surface area contributed by atoms with Crippen LogP contribution >= 0.6 is 7.82 Å². The number of quaternary nitrogens is 1. The lowest BCUT2D eigenvalue weighted by atomic mass is 10.0. The third-order valence-corrected chi connectivity index (χ3v) is 16.5. The van der Waals surface area contributed by atoms with Crippen LogP contribution in [0.5, 0.6) is 0 Å².